The molecular weight excluding hydrogens is 172 g/mol. The third-order valence-electron chi connectivity index (χ3n) is 2.28. The Bertz CT molecular complexity index is 195. The highest BCUT2D eigenvalue weighted by atomic mass is 16.4. The van der Waals surface area contributed by atoms with Crippen molar-refractivity contribution >= 4 is 11.9 Å². The number of carbonyl (C=O) groups is 2. The number of primary amides is 1. The van der Waals surface area contributed by atoms with E-state index >= 15 is 0 Å². The van der Waals surface area contributed by atoms with Crippen molar-refractivity contribution in [2.45, 2.75) is 37.8 Å². The first-order valence-electron chi connectivity index (χ1n) is 4.39. The minimum Gasteiger partial charge on any atom is -0.480 e. The van der Waals surface area contributed by atoms with Gasteiger partial charge in [-0.15, -0.1) is 0 Å². The van der Waals surface area contributed by atoms with Crippen LogP contribution in [0.15, 0.2) is 0 Å². The Morgan fingerprint density at radius 1 is 1.23 bits per heavy atom. The van der Waals surface area contributed by atoms with Crippen LogP contribution in [0.25, 0.3) is 0 Å². The minimum atomic E-state index is -0.909. The van der Waals surface area contributed by atoms with Crippen LogP contribution in [0.2, 0.25) is 0 Å². The predicted molar refractivity (Wildman–Crippen MR) is 46.0 cm³/mol. The molecule has 0 radical (unpaired) electrons. The van der Waals surface area contributed by atoms with Crippen molar-refractivity contribution in [2.24, 2.45) is 5.73 Å². The van der Waals surface area contributed by atoms with Gasteiger partial charge in [-0.2, -0.15) is 0 Å². The summed E-state index contributed by atoms with van der Waals surface area (Å²) in [7, 11) is 0. The van der Waals surface area contributed by atoms with Crippen LogP contribution in [-0.2, 0) is 9.59 Å². The molecule has 1 heterocycles. The zero-order valence-electron chi connectivity index (χ0n) is 7.32. The van der Waals surface area contributed by atoms with Crippen LogP contribution in [0.3, 0.4) is 0 Å². The van der Waals surface area contributed by atoms with E-state index < -0.39 is 24.0 Å². The summed E-state index contributed by atoms with van der Waals surface area (Å²) in [4.78, 5) is 21.5. The third kappa shape index (κ3) is 2.69. The summed E-state index contributed by atoms with van der Waals surface area (Å²) in [5.74, 6) is -1.37. The molecule has 5 heteroatoms. The minimum absolute atomic E-state index is 0.465. The average Bonchev–Trinajstić information content (AvgIpc) is 2.28. The summed E-state index contributed by atoms with van der Waals surface area (Å²) < 4.78 is 0. The highest BCUT2D eigenvalue weighted by molar-refractivity contribution is 5.81. The molecule has 0 aromatic rings. The lowest BCUT2D eigenvalue weighted by Crippen LogP contribution is -2.48. The maximum absolute atomic E-state index is 10.8. The first kappa shape index (κ1) is 9.98. The number of aliphatic carboxylic acids is 1. The van der Waals surface area contributed by atoms with Gasteiger partial charge in [0.15, 0.2) is 0 Å². The highest BCUT2D eigenvalue weighted by Gasteiger charge is 2.26. The Kier molecular flexibility index (Phi) is 3.25. The average molecular weight is 186 g/mol. The number of carboxylic acids is 1. The fraction of sp³-hybridized carbons (Fsp3) is 0.750. The molecule has 74 valence electrons. The quantitative estimate of drug-likeness (QED) is 0.540. The fourth-order valence-corrected chi connectivity index (χ4v) is 1.53. The Morgan fingerprint density at radius 2 is 1.77 bits per heavy atom. The van der Waals surface area contributed by atoms with E-state index in [1.54, 1.807) is 0 Å². The number of rotatable bonds is 2. The summed E-state index contributed by atoms with van der Waals surface area (Å²) in [5.41, 5.74) is 5.10. The Hall–Kier alpha value is -1.10. The van der Waals surface area contributed by atoms with E-state index in [0.29, 0.717) is 12.8 Å². The molecule has 0 aromatic carbocycles. The molecular formula is C8H14N2O3. The third-order valence-corrected chi connectivity index (χ3v) is 2.28. The lowest BCUT2D eigenvalue weighted by Gasteiger charge is -2.16. The Labute approximate surface area is 76.3 Å². The lowest BCUT2D eigenvalue weighted by molar-refractivity contribution is -0.139. The molecule has 1 amide bonds. The van der Waals surface area contributed by atoms with Gasteiger partial charge in [0, 0.05) is 0 Å². The number of nitrogens with one attached hydrogen (secondary N) is 1. The first-order valence-corrected chi connectivity index (χ1v) is 4.39. The molecule has 13 heavy (non-hydrogen) atoms. The lowest BCUT2D eigenvalue weighted by atomic mass is 10.1. The summed E-state index contributed by atoms with van der Waals surface area (Å²) in [5, 5.41) is 11.5. The van der Waals surface area contributed by atoms with Crippen molar-refractivity contribution in [3.63, 3.8) is 0 Å². The van der Waals surface area contributed by atoms with Crippen molar-refractivity contribution in [3.8, 4) is 0 Å². The molecule has 0 aromatic heterocycles. The normalized spacial score (nSPS) is 29.2. The first-order chi connectivity index (χ1) is 6.11. The number of carboxylic acid groups (broad SMARTS) is 1. The molecule has 0 aliphatic carbocycles. The summed E-state index contributed by atoms with van der Waals surface area (Å²) in [6.45, 7) is 0. The molecule has 0 bridgehead atoms. The molecule has 1 fully saturated rings. The molecule has 1 aliphatic heterocycles. The second kappa shape index (κ2) is 4.23. The maximum atomic E-state index is 10.8. The fourth-order valence-electron chi connectivity index (χ4n) is 1.53. The van der Waals surface area contributed by atoms with Crippen molar-refractivity contribution < 1.29 is 14.7 Å². The molecule has 1 aliphatic rings. The van der Waals surface area contributed by atoms with Gasteiger partial charge >= 0.3 is 5.97 Å². The Balaban J connectivity index is 2.59. The molecule has 1 saturated heterocycles. The maximum Gasteiger partial charge on any atom is 0.320 e. The Morgan fingerprint density at radius 3 is 2.23 bits per heavy atom. The van der Waals surface area contributed by atoms with E-state index in [1.165, 1.54) is 0 Å². The molecule has 0 spiro atoms. The molecule has 0 saturated carbocycles. The summed E-state index contributed by atoms with van der Waals surface area (Å²) in [6, 6.07) is -1.11. The molecule has 0 unspecified atom stereocenters. The van der Waals surface area contributed by atoms with E-state index in [4.69, 9.17) is 10.8 Å². The van der Waals surface area contributed by atoms with E-state index in [9.17, 15) is 9.59 Å². The van der Waals surface area contributed by atoms with Crippen LogP contribution < -0.4 is 11.1 Å². The van der Waals surface area contributed by atoms with Gasteiger partial charge in [0.25, 0.3) is 0 Å². The van der Waals surface area contributed by atoms with E-state index in [-0.39, 0.29) is 0 Å². The second-order valence-corrected chi connectivity index (χ2v) is 3.30. The molecule has 2 atom stereocenters. The van der Waals surface area contributed by atoms with Crippen molar-refractivity contribution in [3.05, 3.63) is 0 Å². The van der Waals surface area contributed by atoms with Crippen molar-refractivity contribution in [1.29, 1.82) is 0 Å². The highest BCUT2D eigenvalue weighted by Crippen LogP contribution is 2.12. The van der Waals surface area contributed by atoms with Crippen LogP contribution in [0, 0.1) is 0 Å². The van der Waals surface area contributed by atoms with E-state index in [1.807, 2.05) is 0 Å². The van der Waals surface area contributed by atoms with Crippen LogP contribution in [0.4, 0.5) is 0 Å². The number of carbonyl (C=O) groups excluding carboxylic acids is 1. The monoisotopic (exact) mass is 186 g/mol. The molecule has 5 nitrogen and oxygen atoms in total. The number of hydrogen-bond acceptors (Lipinski definition) is 3. The summed E-state index contributed by atoms with van der Waals surface area (Å²) in [6.07, 6.45) is 2.89. The number of nitrogens with two attached hydrogens (primary N) is 1. The predicted octanol–water partition coefficient (Wildman–Crippen LogP) is -0.543. The van der Waals surface area contributed by atoms with E-state index in [2.05, 4.69) is 5.32 Å². The standard InChI is InChI=1S/C8H14N2O3/c9-7(11)5-3-1-2-4-6(10-5)8(12)13/h5-6,10H,1-4H2,(H2,9,11)(H,12,13)/t5-,6+/m1/s1. The zero-order valence-corrected chi connectivity index (χ0v) is 7.32. The van der Waals surface area contributed by atoms with Gasteiger partial charge in [0.1, 0.15) is 6.04 Å². The molecule has 4 N–H and O–H groups in total. The summed E-state index contributed by atoms with van der Waals surface area (Å²) >= 11 is 0. The van der Waals surface area contributed by atoms with Crippen molar-refractivity contribution in [1.82, 2.24) is 5.32 Å². The van der Waals surface area contributed by atoms with Crippen LogP contribution in [0.5, 0.6) is 0 Å². The van der Waals surface area contributed by atoms with Crippen LogP contribution >= 0.6 is 0 Å². The van der Waals surface area contributed by atoms with Crippen LogP contribution in [-0.4, -0.2) is 29.1 Å². The number of hydrogen-bond donors (Lipinski definition) is 3. The number of amides is 1. The topological polar surface area (TPSA) is 92.4 Å². The second-order valence-electron chi connectivity index (χ2n) is 3.30. The van der Waals surface area contributed by atoms with Gasteiger partial charge in [0.2, 0.25) is 5.91 Å². The van der Waals surface area contributed by atoms with Crippen molar-refractivity contribution in [2.75, 3.05) is 0 Å². The van der Waals surface area contributed by atoms with Gasteiger partial charge in [-0.3, -0.25) is 14.9 Å². The van der Waals surface area contributed by atoms with Crippen LogP contribution in [0.1, 0.15) is 25.7 Å². The smallest absolute Gasteiger partial charge is 0.320 e. The largest absolute Gasteiger partial charge is 0.480 e. The molecule has 1 rings (SSSR count). The SMILES string of the molecule is NC(=O)[C@H]1CCCC[C@@H](C(=O)O)N1. The van der Waals surface area contributed by atoms with Gasteiger partial charge in [-0.1, -0.05) is 12.8 Å². The van der Waals surface area contributed by atoms with Gasteiger partial charge in [-0.25, -0.2) is 0 Å². The van der Waals surface area contributed by atoms with Gasteiger partial charge in [-0.05, 0) is 12.8 Å². The van der Waals surface area contributed by atoms with Gasteiger partial charge < -0.3 is 10.8 Å². The zero-order chi connectivity index (χ0) is 9.84. The van der Waals surface area contributed by atoms with E-state index in [0.717, 1.165) is 12.8 Å². The van der Waals surface area contributed by atoms with Gasteiger partial charge in [0.05, 0.1) is 6.04 Å².